The number of benzene rings is 12. The Bertz CT molecular complexity index is 4350. The largest absolute Gasteiger partial charge is 0.309 e. The highest BCUT2D eigenvalue weighted by Gasteiger charge is 2.47. The normalized spacial score (nSPS) is 12.8. The van der Waals surface area contributed by atoms with Crippen LogP contribution in [0.15, 0.2) is 303 Å². The highest BCUT2D eigenvalue weighted by Crippen LogP contribution is 2.58. The van der Waals surface area contributed by atoms with Crippen molar-refractivity contribution < 1.29 is 0 Å². The van der Waals surface area contributed by atoms with Crippen LogP contribution in [-0.2, 0) is 5.41 Å². The van der Waals surface area contributed by atoms with Gasteiger partial charge in [0.05, 0.1) is 27.5 Å². The van der Waals surface area contributed by atoms with Crippen LogP contribution in [0.4, 0.5) is 0 Å². The summed E-state index contributed by atoms with van der Waals surface area (Å²) in [6.45, 7) is 0. The van der Waals surface area contributed by atoms with Crippen LogP contribution in [0.3, 0.4) is 0 Å². The average Bonchev–Trinajstić information content (AvgIpc) is 4.15. The Morgan fingerprint density at radius 2 is 0.697 bits per heavy atom. The molecular formula is C73H50N2Si. The molecule has 0 saturated carbocycles. The minimum atomic E-state index is -2.70. The summed E-state index contributed by atoms with van der Waals surface area (Å²) >= 11 is 0. The Morgan fingerprint density at radius 1 is 0.263 bits per heavy atom. The molecular weight excluding hydrogens is 933 g/mol. The van der Waals surface area contributed by atoms with E-state index in [0.717, 1.165) is 11.4 Å². The molecule has 1 aliphatic rings. The molecule has 0 amide bonds. The zero-order valence-electron chi connectivity index (χ0n) is 41.8. The van der Waals surface area contributed by atoms with E-state index in [1.807, 2.05) is 0 Å². The summed E-state index contributed by atoms with van der Waals surface area (Å²) in [5.41, 5.74) is 16.6. The van der Waals surface area contributed by atoms with Gasteiger partial charge in [0.2, 0.25) is 0 Å². The quantitative estimate of drug-likeness (QED) is 0.101. The van der Waals surface area contributed by atoms with E-state index in [1.165, 1.54) is 109 Å². The third kappa shape index (κ3) is 6.40. The van der Waals surface area contributed by atoms with Gasteiger partial charge in [-0.2, -0.15) is 0 Å². The number of nitrogens with zero attached hydrogens (tertiary/aromatic N) is 2. The molecule has 0 atom stereocenters. The van der Waals surface area contributed by atoms with Crippen molar-refractivity contribution in [2.75, 3.05) is 0 Å². The van der Waals surface area contributed by atoms with E-state index >= 15 is 0 Å². The standard InChI is InChI=1S/C73H50N2Si/c1-6-23-52(24-7-1)73(53-25-8-2-9-26-53)67-38-19-16-33-61(67)65-37-22-36-60(72(65)73)51-41-47-64-62-34-17-20-39-68(62)75(71(64)49-51)55-44-48-70-66(50-55)63-35-18-21-40-69(63)74(70)54-42-45-59(46-43-54)76(56-27-10-3-11-28-56,57-29-12-4-13-30-57)58-31-14-5-15-32-58/h1-50H. The number of rotatable bonds is 9. The number of aromatic nitrogens is 2. The van der Waals surface area contributed by atoms with Gasteiger partial charge >= 0.3 is 0 Å². The van der Waals surface area contributed by atoms with Gasteiger partial charge in [0.15, 0.2) is 8.07 Å². The van der Waals surface area contributed by atoms with Crippen LogP contribution in [0.2, 0.25) is 0 Å². The molecule has 14 aromatic rings. The highest BCUT2D eigenvalue weighted by atomic mass is 28.3. The molecule has 356 valence electrons. The number of hydrogen-bond donors (Lipinski definition) is 0. The maximum Gasteiger partial charge on any atom is 0.179 e. The van der Waals surface area contributed by atoms with Crippen molar-refractivity contribution in [1.29, 1.82) is 0 Å². The first-order chi connectivity index (χ1) is 37.7. The van der Waals surface area contributed by atoms with E-state index < -0.39 is 13.5 Å². The lowest BCUT2D eigenvalue weighted by Crippen LogP contribution is -2.74. The third-order valence-electron chi connectivity index (χ3n) is 16.6. The van der Waals surface area contributed by atoms with Crippen molar-refractivity contribution in [1.82, 2.24) is 9.13 Å². The minimum Gasteiger partial charge on any atom is -0.309 e. The Morgan fingerprint density at radius 3 is 1.30 bits per heavy atom. The van der Waals surface area contributed by atoms with E-state index in [2.05, 4.69) is 312 Å². The van der Waals surface area contributed by atoms with E-state index in [1.54, 1.807) is 0 Å². The topological polar surface area (TPSA) is 9.86 Å². The Balaban J connectivity index is 0.910. The number of hydrogen-bond acceptors (Lipinski definition) is 0. The predicted octanol–water partition coefficient (Wildman–Crippen LogP) is 15.3. The van der Waals surface area contributed by atoms with Gasteiger partial charge in [-0.3, -0.25) is 0 Å². The lowest BCUT2D eigenvalue weighted by molar-refractivity contribution is 0.770. The van der Waals surface area contributed by atoms with Gasteiger partial charge in [-0.25, -0.2) is 0 Å². The van der Waals surface area contributed by atoms with E-state index in [-0.39, 0.29) is 0 Å². The first-order valence-corrected chi connectivity index (χ1v) is 28.4. The van der Waals surface area contributed by atoms with Gasteiger partial charge < -0.3 is 9.13 Å². The fraction of sp³-hybridized carbons (Fsp3) is 0.0137. The molecule has 76 heavy (non-hydrogen) atoms. The van der Waals surface area contributed by atoms with E-state index in [0.29, 0.717) is 0 Å². The van der Waals surface area contributed by atoms with Crippen LogP contribution in [0, 0.1) is 0 Å². The smallest absolute Gasteiger partial charge is 0.179 e. The molecule has 0 fully saturated rings. The van der Waals surface area contributed by atoms with Crippen molar-refractivity contribution >= 4 is 72.4 Å². The predicted molar refractivity (Wildman–Crippen MR) is 321 cm³/mol. The highest BCUT2D eigenvalue weighted by molar-refractivity contribution is 7.19. The fourth-order valence-corrected chi connectivity index (χ4v) is 18.2. The zero-order valence-corrected chi connectivity index (χ0v) is 42.8. The second-order valence-electron chi connectivity index (χ2n) is 20.3. The van der Waals surface area contributed by atoms with Crippen LogP contribution < -0.4 is 20.7 Å². The van der Waals surface area contributed by atoms with Crippen molar-refractivity contribution in [2.24, 2.45) is 0 Å². The summed E-state index contributed by atoms with van der Waals surface area (Å²) in [6, 6.07) is 113. The summed E-state index contributed by atoms with van der Waals surface area (Å²) < 4.78 is 4.95. The lowest BCUT2D eigenvalue weighted by atomic mass is 9.66. The summed E-state index contributed by atoms with van der Waals surface area (Å²) in [6.07, 6.45) is 0. The lowest BCUT2D eigenvalue weighted by Gasteiger charge is -2.35. The maximum absolute atomic E-state index is 2.70. The monoisotopic (exact) mass is 982 g/mol. The summed E-state index contributed by atoms with van der Waals surface area (Å²) in [5, 5.41) is 10.4. The molecule has 2 aromatic heterocycles. The zero-order chi connectivity index (χ0) is 50.2. The molecule has 0 radical (unpaired) electrons. The average molecular weight is 983 g/mol. The molecule has 3 heteroatoms. The van der Waals surface area contributed by atoms with Gasteiger partial charge in [0.1, 0.15) is 0 Å². The second kappa shape index (κ2) is 17.6. The molecule has 0 N–H and O–H groups in total. The van der Waals surface area contributed by atoms with Crippen molar-refractivity contribution in [3.63, 3.8) is 0 Å². The Hall–Kier alpha value is -9.54. The summed E-state index contributed by atoms with van der Waals surface area (Å²) in [5.74, 6) is 0. The SMILES string of the molecule is c1ccc(C2(c3ccccc3)c3ccccc3-c3cccc(-c4ccc5c6ccccc6n(-c6ccc7c(c6)c6ccccc6n7-c6ccc([Si](c7ccccc7)(c7ccccc7)c7ccccc7)cc6)c5c4)c32)cc1. The molecule has 0 bridgehead atoms. The number of fused-ring (bicyclic) bond motifs is 9. The van der Waals surface area contributed by atoms with Crippen LogP contribution in [-0.4, -0.2) is 17.2 Å². The minimum absolute atomic E-state index is 0.525. The molecule has 15 rings (SSSR count). The van der Waals surface area contributed by atoms with Gasteiger partial charge in [-0.05, 0) is 114 Å². The van der Waals surface area contributed by atoms with Gasteiger partial charge in [-0.15, -0.1) is 0 Å². The molecule has 2 nitrogen and oxygen atoms in total. The molecule has 1 aliphatic carbocycles. The third-order valence-corrected chi connectivity index (χ3v) is 21.3. The Kier molecular flexibility index (Phi) is 10.2. The molecule has 12 aromatic carbocycles. The second-order valence-corrected chi connectivity index (χ2v) is 24.1. The van der Waals surface area contributed by atoms with Crippen LogP contribution in [0.1, 0.15) is 22.3 Å². The maximum atomic E-state index is 2.50. The van der Waals surface area contributed by atoms with Crippen LogP contribution in [0.25, 0.3) is 77.2 Å². The van der Waals surface area contributed by atoms with Crippen molar-refractivity contribution in [2.45, 2.75) is 5.41 Å². The van der Waals surface area contributed by atoms with E-state index in [4.69, 9.17) is 0 Å². The fourth-order valence-electron chi connectivity index (χ4n) is 13.5. The molecule has 0 saturated heterocycles. The van der Waals surface area contributed by atoms with Crippen LogP contribution >= 0.6 is 0 Å². The van der Waals surface area contributed by atoms with Gasteiger partial charge in [0.25, 0.3) is 0 Å². The molecule has 2 heterocycles. The van der Waals surface area contributed by atoms with Crippen molar-refractivity contribution in [3.05, 3.63) is 326 Å². The first-order valence-electron chi connectivity index (χ1n) is 26.4. The van der Waals surface area contributed by atoms with Gasteiger partial charge in [-0.1, -0.05) is 255 Å². The summed E-state index contributed by atoms with van der Waals surface area (Å²) in [7, 11) is -2.70. The van der Waals surface area contributed by atoms with Crippen LogP contribution in [0.5, 0.6) is 0 Å². The Labute approximate surface area is 443 Å². The molecule has 0 aliphatic heterocycles. The van der Waals surface area contributed by atoms with E-state index in [9.17, 15) is 0 Å². The van der Waals surface area contributed by atoms with Crippen molar-refractivity contribution in [3.8, 4) is 33.6 Å². The number of para-hydroxylation sites is 2. The molecule has 0 unspecified atom stereocenters. The molecule has 0 spiro atoms. The summed E-state index contributed by atoms with van der Waals surface area (Å²) in [4.78, 5) is 0. The van der Waals surface area contributed by atoms with Gasteiger partial charge in [0, 0.05) is 32.9 Å². The first kappa shape index (κ1) is 44.0.